The zero-order valence-electron chi connectivity index (χ0n) is 17.6. The number of ether oxygens (including phenoxy) is 1. The van der Waals surface area contributed by atoms with Crippen molar-refractivity contribution in [3.8, 4) is 5.75 Å². The fraction of sp³-hybridized carbons (Fsp3) is 0.240. The Labute approximate surface area is 181 Å². The molecular weight excluding hydrogens is 388 g/mol. The highest BCUT2D eigenvalue weighted by molar-refractivity contribution is 5.92. The molecule has 0 radical (unpaired) electrons. The molecule has 0 saturated carbocycles. The molecule has 0 bridgehead atoms. The van der Waals surface area contributed by atoms with Gasteiger partial charge in [-0.1, -0.05) is 36.4 Å². The van der Waals surface area contributed by atoms with Crippen LogP contribution in [0.15, 0.2) is 72.9 Å². The number of hydrogen-bond acceptors (Lipinski definition) is 4. The van der Waals surface area contributed by atoms with Crippen LogP contribution in [0, 0.1) is 6.92 Å². The number of imidazole rings is 1. The van der Waals surface area contributed by atoms with Gasteiger partial charge in [-0.3, -0.25) is 9.78 Å². The maximum Gasteiger partial charge on any atom is 0.269 e. The second-order valence-electron chi connectivity index (χ2n) is 7.36. The van der Waals surface area contributed by atoms with Crippen molar-refractivity contribution >= 4 is 16.9 Å². The van der Waals surface area contributed by atoms with Gasteiger partial charge in [0.15, 0.2) is 0 Å². The van der Waals surface area contributed by atoms with Crippen molar-refractivity contribution in [1.29, 1.82) is 0 Å². The first-order valence-corrected chi connectivity index (χ1v) is 10.5. The van der Waals surface area contributed by atoms with E-state index in [1.807, 2.05) is 36.4 Å². The summed E-state index contributed by atoms with van der Waals surface area (Å²) in [6, 6.07) is 21.5. The Balaban J connectivity index is 1.38. The van der Waals surface area contributed by atoms with Crippen molar-refractivity contribution in [2.45, 2.75) is 26.3 Å². The third kappa shape index (κ3) is 5.09. The van der Waals surface area contributed by atoms with Gasteiger partial charge in [0.1, 0.15) is 17.3 Å². The van der Waals surface area contributed by atoms with Gasteiger partial charge in [0, 0.05) is 25.7 Å². The van der Waals surface area contributed by atoms with Gasteiger partial charge in [0.25, 0.3) is 5.91 Å². The highest BCUT2D eigenvalue weighted by atomic mass is 16.5. The van der Waals surface area contributed by atoms with Crippen LogP contribution in [-0.4, -0.2) is 33.6 Å². The molecule has 0 unspecified atom stereocenters. The summed E-state index contributed by atoms with van der Waals surface area (Å²) in [6.45, 7) is 3.98. The summed E-state index contributed by atoms with van der Waals surface area (Å²) in [6.07, 6.45) is 3.13. The van der Waals surface area contributed by atoms with E-state index in [0.717, 1.165) is 41.1 Å². The largest absolute Gasteiger partial charge is 0.493 e. The Hall–Kier alpha value is -3.67. The van der Waals surface area contributed by atoms with Gasteiger partial charge >= 0.3 is 0 Å². The van der Waals surface area contributed by atoms with Crippen molar-refractivity contribution in [2.24, 2.45) is 0 Å². The number of nitrogens with one attached hydrogen (secondary N) is 1. The minimum absolute atomic E-state index is 0.171. The lowest BCUT2D eigenvalue weighted by atomic mass is 10.2. The zero-order chi connectivity index (χ0) is 21.5. The molecule has 2 heterocycles. The van der Waals surface area contributed by atoms with Gasteiger partial charge in [-0.05, 0) is 49.2 Å². The van der Waals surface area contributed by atoms with Gasteiger partial charge in [-0.2, -0.15) is 0 Å². The molecule has 6 nitrogen and oxygen atoms in total. The van der Waals surface area contributed by atoms with Crippen LogP contribution in [-0.2, 0) is 13.0 Å². The Morgan fingerprint density at radius 3 is 2.68 bits per heavy atom. The van der Waals surface area contributed by atoms with Crippen LogP contribution in [0.3, 0.4) is 0 Å². The number of aryl methyl sites for hydroxylation is 2. The molecule has 0 fully saturated rings. The molecule has 6 heteroatoms. The Bertz CT molecular complexity index is 1150. The number of pyridine rings is 1. The van der Waals surface area contributed by atoms with Gasteiger partial charge < -0.3 is 14.6 Å². The number of benzene rings is 2. The van der Waals surface area contributed by atoms with Gasteiger partial charge in [-0.25, -0.2) is 4.98 Å². The molecule has 1 N–H and O–H groups in total. The van der Waals surface area contributed by atoms with Gasteiger partial charge in [0.05, 0.1) is 17.6 Å². The van der Waals surface area contributed by atoms with Crippen molar-refractivity contribution in [1.82, 2.24) is 19.9 Å². The molecule has 2 aromatic carbocycles. The van der Waals surface area contributed by atoms with Crippen LogP contribution in [0.2, 0.25) is 0 Å². The minimum atomic E-state index is -0.171. The summed E-state index contributed by atoms with van der Waals surface area (Å²) in [7, 11) is 0. The average Bonchev–Trinajstić information content (AvgIpc) is 3.15. The van der Waals surface area contributed by atoms with E-state index in [9.17, 15) is 4.79 Å². The van der Waals surface area contributed by atoms with Crippen LogP contribution in [0.1, 0.15) is 28.3 Å². The first-order chi connectivity index (χ1) is 15.2. The monoisotopic (exact) mass is 414 g/mol. The summed E-state index contributed by atoms with van der Waals surface area (Å²) in [5.41, 5.74) is 3.63. The van der Waals surface area contributed by atoms with E-state index in [1.54, 1.807) is 24.4 Å². The number of carbonyl (C=O) groups is 1. The van der Waals surface area contributed by atoms with Crippen molar-refractivity contribution < 1.29 is 9.53 Å². The van der Waals surface area contributed by atoms with Crippen LogP contribution < -0.4 is 10.1 Å². The molecule has 0 saturated heterocycles. The molecule has 1 amide bonds. The fourth-order valence-electron chi connectivity index (χ4n) is 3.56. The van der Waals surface area contributed by atoms with E-state index in [2.05, 4.69) is 33.9 Å². The second kappa shape index (κ2) is 9.89. The molecule has 2 aromatic heterocycles. The molecule has 31 heavy (non-hydrogen) atoms. The fourth-order valence-corrected chi connectivity index (χ4v) is 3.56. The number of aromatic nitrogens is 3. The summed E-state index contributed by atoms with van der Waals surface area (Å²) in [5, 5.41) is 2.93. The van der Waals surface area contributed by atoms with E-state index < -0.39 is 0 Å². The number of nitrogens with zero attached hydrogens (tertiary/aromatic N) is 3. The topological polar surface area (TPSA) is 69.0 Å². The molecule has 158 valence electrons. The first-order valence-electron chi connectivity index (χ1n) is 10.5. The summed E-state index contributed by atoms with van der Waals surface area (Å²) in [5.74, 6) is 1.71. The van der Waals surface area contributed by atoms with E-state index in [1.165, 1.54) is 0 Å². The summed E-state index contributed by atoms with van der Waals surface area (Å²) >= 11 is 0. The highest BCUT2D eigenvalue weighted by Gasteiger charge is 2.12. The van der Waals surface area contributed by atoms with Crippen LogP contribution in [0.4, 0.5) is 0 Å². The van der Waals surface area contributed by atoms with Crippen LogP contribution in [0.25, 0.3) is 11.0 Å². The highest BCUT2D eigenvalue weighted by Crippen LogP contribution is 2.19. The number of fused-ring (bicyclic) bond motifs is 1. The smallest absolute Gasteiger partial charge is 0.269 e. The lowest BCUT2D eigenvalue weighted by Gasteiger charge is -2.12. The predicted molar refractivity (Wildman–Crippen MR) is 121 cm³/mol. The van der Waals surface area contributed by atoms with Crippen LogP contribution >= 0.6 is 0 Å². The quantitative estimate of drug-likeness (QED) is 0.417. The van der Waals surface area contributed by atoms with Gasteiger partial charge in [0.2, 0.25) is 0 Å². The zero-order valence-corrected chi connectivity index (χ0v) is 17.6. The number of rotatable bonds is 9. The van der Waals surface area contributed by atoms with E-state index in [0.29, 0.717) is 25.3 Å². The predicted octanol–water partition coefficient (Wildman–Crippen LogP) is 4.18. The van der Waals surface area contributed by atoms with Crippen molar-refractivity contribution in [3.63, 3.8) is 0 Å². The SMILES string of the molecule is Cc1ccccc1OCCCn1c(CCNC(=O)c2ccccn2)nc2ccccc21. The van der Waals surface area contributed by atoms with Gasteiger partial charge in [-0.15, -0.1) is 0 Å². The normalized spacial score (nSPS) is 10.9. The molecule has 0 aliphatic carbocycles. The standard InChI is InChI=1S/C25H26N4O2/c1-19-9-2-5-13-23(19)31-18-8-17-29-22-12-4-3-10-20(22)28-24(29)14-16-27-25(30)21-11-6-7-15-26-21/h2-7,9-13,15H,8,14,16-18H2,1H3,(H,27,30). The maximum atomic E-state index is 12.2. The molecule has 4 aromatic rings. The van der Waals surface area contributed by atoms with E-state index in [4.69, 9.17) is 9.72 Å². The van der Waals surface area contributed by atoms with E-state index >= 15 is 0 Å². The lowest BCUT2D eigenvalue weighted by Crippen LogP contribution is -2.27. The molecule has 4 rings (SSSR count). The molecule has 0 aliphatic heterocycles. The summed E-state index contributed by atoms with van der Waals surface area (Å²) < 4.78 is 8.18. The Kier molecular flexibility index (Phi) is 6.57. The third-order valence-corrected chi connectivity index (χ3v) is 5.14. The molecule has 0 spiro atoms. The molecule has 0 atom stereocenters. The molecule has 0 aliphatic rings. The van der Waals surface area contributed by atoms with Crippen LogP contribution in [0.5, 0.6) is 5.75 Å². The van der Waals surface area contributed by atoms with E-state index in [-0.39, 0.29) is 5.91 Å². The third-order valence-electron chi connectivity index (χ3n) is 5.14. The second-order valence-corrected chi connectivity index (χ2v) is 7.36. The number of para-hydroxylation sites is 3. The minimum Gasteiger partial charge on any atom is -0.493 e. The lowest BCUT2D eigenvalue weighted by molar-refractivity contribution is 0.0949. The number of amides is 1. The van der Waals surface area contributed by atoms with Crippen molar-refractivity contribution in [2.75, 3.05) is 13.2 Å². The number of carbonyl (C=O) groups excluding carboxylic acids is 1. The first kappa shape index (κ1) is 20.6. The maximum absolute atomic E-state index is 12.2. The average molecular weight is 415 g/mol. The molecular formula is C25H26N4O2. The Morgan fingerprint density at radius 2 is 1.84 bits per heavy atom. The number of hydrogen-bond donors (Lipinski definition) is 1. The van der Waals surface area contributed by atoms with Crippen molar-refractivity contribution in [3.05, 3.63) is 90.0 Å². The summed E-state index contributed by atoms with van der Waals surface area (Å²) in [4.78, 5) is 21.1. The Morgan fingerprint density at radius 1 is 1.03 bits per heavy atom.